The molecule has 0 aromatic heterocycles. The van der Waals surface area contributed by atoms with Gasteiger partial charge >= 0.3 is 5.97 Å². The van der Waals surface area contributed by atoms with Gasteiger partial charge in [-0.15, -0.1) is 0 Å². The van der Waals surface area contributed by atoms with Gasteiger partial charge in [0.25, 0.3) is 11.8 Å². The number of carbonyl (C=O) groups excluding carboxylic acids is 2. The first-order valence-electron chi connectivity index (χ1n) is 5.65. The third-order valence-electron chi connectivity index (χ3n) is 2.99. The molecule has 1 heterocycles. The number of carbonyl (C=O) groups is 3. The first-order valence-corrected chi connectivity index (χ1v) is 5.65. The summed E-state index contributed by atoms with van der Waals surface area (Å²) in [7, 11) is 0. The highest BCUT2D eigenvalue weighted by Crippen LogP contribution is 2.26. The Labute approximate surface area is 115 Å². The van der Waals surface area contributed by atoms with E-state index < -0.39 is 23.8 Å². The van der Waals surface area contributed by atoms with E-state index in [0.717, 1.165) is 4.90 Å². The van der Waals surface area contributed by atoms with E-state index >= 15 is 0 Å². The van der Waals surface area contributed by atoms with Gasteiger partial charge in [-0.05, 0) is 18.1 Å². The Hall–Kier alpha value is -2.25. The molecule has 0 aliphatic carbocycles. The predicted molar refractivity (Wildman–Crippen MR) is 70.4 cm³/mol. The highest BCUT2D eigenvalue weighted by atomic mass is 16.4. The first-order chi connectivity index (χ1) is 8.45. The van der Waals surface area contributed by atoms with Crippen LogP contribution in [0.25, 0.3) is 0 Å². The van der Waals surface area contributed by atoms with E-state index in [1.165, 1.54) is 12.1 Å². The maximum Gasteiger partial charge on any atom is 0.327 e. The van der Waals surface area contributed by atoms with Gasteiger partial charge < -0.3 is 16.1 Å². The van der Waals surface area contributed by atoms with Gasteiger partial charge in [-0.2, -0.15) is 0 Å². The molecule has 2 rings (SSSR count). The van der Waals surface area contributed by atoms with Crippen molar-refractivity contribution in [3.05, 3.63) is 35.4 Å². The lowest BCUT2D eigenvalue weighted by molar-refractivity contribution is -0.143. The number of benzene rings is 1. The minimum absolute atomic E-state index is 0. The third kappa shape index (κ3) is 2.54. The van der Waals surface area contributed by atoms with Gasteiger partial charge in [-0.1, -0.05) is 26.0 Å². The fraction of sp³-hybridized carbons (Fsp3) is 0.308. The number of hydrogen-bond acceptors (Lipinski definition) is 3. The Bertz CT molecular complexity index is 504. The Morgan fingerprint density at radius 3 is 1.75 bits per heavy atom. The number of nitrogens with zero attached hydrogens (tertiary/aromatic N) is 1. The van der Waals surface area contributed by atoms with E-state index in [-0.39, 0.29) is 28.0 Å². The molecule has 1 atom stereocenters. The van der Waals surface area contributed by atoms with Gasteiger partial charge in [-0.3, -0.25) is 14.5 Å². The van der Waals surface area contributed by atoms with Gasteiger partial charge in [0, 0.05) is 0 Å². The Morgan fingerprint density at radius 1 is 1.05 bits per heavy atom. The number of rotatable bonds is 3. The standard InChI is InChI=1S/C13H13NO4.2H2O/c1-7(2)10(13(17)18)14-11(15)8-5-3-4-6-9(8)12(14)16;;/h3-7,10H,1-2H3,(H,17,18);2*1H2. The molecule has 7 nitrogen and oxygen atoms in total. The molecule has 1 aliphatic rings. The minimum Gasteiger partial charge on any atom is -0.480 e. The lowest BCUT2D eigenvalue weighted by Crippen LogP contribution is -2.47. The number of amides is 2. The average Bonchev–Trinajstić information content (AvgIpc) is 2.55. The zero-order chi connectivity index (χ0) is 13.4. The second kappa shape index (κ2) is 6.27. The third-order valence-corrected chi connectivity index (χ3v) is 2.99. The van der Waals surface area contributed by atoms with Gasteiger partial charge in [0.1, 0.15) is 6.04 Å². The quantitative estimate of drug-likeness (QED) is 0.763. The summed E-state index contributed by atoms with van der Waals surface area (Å²) < 4.78 is 0. The molecule has 7 heteroatoms. The molecule has 1 unspecified atom stereocenters. The summed E-state index contributed by atoms with van der Waals surface area (Å²) >= 11 is 0. The Morgan fingerprint density at radius 2 is 1.45 bits per heavy atom. The Balaban J connectivity index is 0.00000180. The number of imide groups is 1. The van der Waals surface area contributed by atoms with E-state index in [4.69, 9.17) is 0 Å². The normalized spacial score (nSPS) is 14.4. The SMILES string of the molecule is CC(C)C(C(=O)O)N1C(=O)c2ccccc2C1=O.O.O. The van der Waals surface area contributed by atoms with Crippen LogP contribution in [-0.4, -0.2) is 44.8 Å². The van der Waals surface area contributed by atoms with Crippen molar-refractivity contribution in [1.29, 1.82) is 0 Å². The van der Waals surface area contributed by atoms with Crippen molar-refractivity contribution in [3.8, 4) is 0 Å². The van der Waals surface area contributed by atoms with Crippen LogP contribution in [-0.2, 0) is 4.79 Å². The van der Waals surface area contributed by atoms with Crippen LogP contribution < -0.4 is 0 Å². The first kappa shape index (κ1) is 17.8. The van der Waals surface area contributed by atoms with Crippen LogP contribution in [0, 0.1) is 5.92 Å². The number of carboxylic acids is 1. The molecule has 0 bridgehead atoms. The molecule has 1 aliphatic heterocycles. The van der Waals surface area contributed by atoms with E-state index in [1.807, 2.05) is 0 Å². The molecule has 0 fully saturated rings. The molecule has 0 spiro atoms. The second-order valence-corrected chi connectivity index (χ2v) is 4.55. The monoisotopic (exact) mass is 283 g/mol. The number of carboxylic acid groups (broad SMARTS) is 1. The van der Waals surface area contributed by atoms with E-state index in [1.54, 1.807) is 26.0 Å². The van der Waals surface area contributed by atoms with Crippen molar-refractivity contribution in [1.82, 2.24) is 4.90 Å². The molecular formula is C13H17NO6. The second-order valence-electron chi connectivity index (χ2n) is 4.55. The zero-order valence-corrected chi connectivity index (χ0v) is 11.1. The summed E-state index contributed by atoms with van der Waals surface area (Å²) in [6, 6.07) is 5.25. The van der Waals surface area contributed by atoms with Crippen LogP contribution in [0.3, 0.4) is 0 Å². The smallest absolute Gasteiger partial charge is 0.327 e. The molecular weight excluding hydrogens is 266 g/mol. The molecule has 5 N–H and O–H groups in total. The largest absolute Gasteiger partial charge is 0.480 e. The van der Waals surface area contributed by atoms with Crippen LogP contribution in [0.2, 0.25) is 0 Å². The van der Waals surface area contributed by atoms with Crippen molar-refractivity contribution in [2.45, 2.75) is 19.9 Å². The fourth-order valence-corrected chi connectivity index (χ4v) is 2.15. The number of aliphatic carboxylic acids is 1. The van der Waals surface area contributed by atoms with Crippen molar-refractivity contribution < 1.29 is 30.4 Å². The topological polar surface area (TPSA) is 138 Å². The van der Waals surface area contributed by atoms with Gasteiger partial charge in [-0.25, -0.2) is 4.79 Å². The summed E-state index contributed by atoms with van der Waals surface area (Å²) in [6.45, 7) is 3.34. The van der Waals surface area contributed by atoms with Crippen LogP contribution >= 0.6 is 0 Å². The molecule has 2 amide bonds. The highest BCUT2D eigenvalue weighted by molar-refractivity contribution is 6.22. The minimum atomic E-state index is -1.17. The average molecular weight is 283 g/mol. The molecule has 1 aromatic rings. The van der Waals surface area contributed by atoms with E-state index in [2.05, 4.69) is 0 Å². The summed E-state index contributed by atoms with van der Waals surface area (Å²) in [4.78, 5) is 36.3. The van der Waals surface area contributed by atoms with E-state index in [0.29, 0.717) is 0 Å². The number of hydrogen-bond donors (Lipinski definition) is 1. The summed E-state index contributed by atoms with van der Waals surface area (Å²) in [5, 5.41) is 9.17. The van der Waals surface area contributed by atoms with Crippen molar-refractivity contribution in [3.63, 3.8) is 0 Å². The van der Waals surface area contributed by atoms with Crippen molar-refractivity contribution in [2.75, 3.05) is 0 Å². The van der Waals surface area contributed by atoms with Gasteiger partial charge in [0.05, 0.1) is 11.1 Å². The lowest BCUT2D eigenvalue weighted by atomic mass is 10.0. The molecule has 0 saturated carbocycles. The highest BCUT2D eigenvalue weighted by Gasteiger charge is 2.43. The summed E-state index contributed by atoms with van der Waals surface area (Å²) in [6.07, 6.45) is 0. The van der Waals surface area contributed by atoms with Crippen LogP contribution in [0.5, 0.6) is 0 Å². The fourth-order valence-electron chi connectivity index (χ4n) is 2.15. The van der Waals surface area contributed by atoms with Crippen molar-refractivity contribution >= 4 is 17.8 Å². The molecule has 0 radical (unpaired) electrons. The van der Waals surface area contributed by atoms with Gasteiger partial charge in [0.2, 0.25) is 0 Å². The molecule has 20 heavy (non-hydrogen) atoms. The maximum atomic E-state index is 12.1. The van der Waals surface area contributed by atoms with E-state index in [9.17, 15) is 19.5 Å². The van der Waals surface area contributed by atoms with Gasteiger partial charge in [0.15, 0.2) is 0 Å². The zero-order valence-electron chi connectivity index (χ0n) is 11.1. The molecule has 1 aromatic carbocycles. The number of fused-ring (bicyclic) bond motifs is 1. The predicted octanol–water partition coefficient (Wildman–Crippen LogP) is -0.258. The lowest BCUT2D eigenvalue weighted by Gasteiger charge is -2.25. The summed E-state index contributed by atoms with van der Waals surface area (Å²) in [5.74, 6) is -2.57. The molecule has 0 saturated heterocycles. The van der Waals surface area contributed by atoms with Crippen molar-refractivity contribution in [2.24, 2.45) is 5.92 Å². The summed E-state index contributed by atoms with van der Waals surface area (Å²) in [5.41, 5.74) is 0.545. The van der Waals surface area contributed by atoms with Crippen LogP contribution in [0.15, 0.2) is 24.3 Å². The Kier molecular flexibility index (Phi) is 5.56. The molecule has 110 valence electrons. The van der Waals surface area contributed by atoms with Crippen LogP contribution in [0.4, 0.5) is 0 Å². The maximum absolute atomic E-state index is 12.1. The van der Waals surface area contributed by atoms with Crippen LogP contribution in [0.1, 0.15) is 34.6 Å².